The van der Waals surface area contributed by atoms with E-state index in [0.29, 0.717) is 22.9 Å². The molecule has 0 atom stereocenters. The second-order valence-electron chi connectivity index (χ2n) is 2.79. The second-order valence-corrected chi connectivity index (χ2v) is 2.79. The summed E-state index contributed by atoms with van der Waals surface area (Å²) in [4.78, 5) is 10.1. The van der Waals surface area contributed by atoms with E-state index < -0.39 is 0 Å². The molecule has 0 aliphatic heterocycles. The van der Waals surface area contributed by atoms with Crippen molar-refractivity contribution in [3.05, 3.63) is 35.8 Å². The van der Waals surface area contributed by atoms with Crippen LogP contribution < -0.4 is 0 Å². The van der Waals surface area contributed by atoms with Crippen LogP contribution in [0.25, 0.3) is 17.0 Å². The molecule has 0 aliphatic rings. The van der Waals surface area contributed by atoms with E-state index in [0.717, 1.165) is 0 Å². The Balaban J connectivity index is 2.60. The van der Waals surface area contributed by atoms with E-state index in [2.05, 4.69) is 10.2 Å². The standard InChI is InChI=1S/C10H7FN2O/c11-7-3-4-10-8(6-7)9(12-13-10)2-1-5-14/h1-6H,(H,12,13)/b2-1+. The third-order valence-electron chi connectivity index (χ3n) is 1.89. The maximum atomic E-state index is 12.9. The van der Waals surface area contributed by atoms with Gasteiger partial charge in [-0.3, -0.25) is 9.89 Å². The Kier molecular flexibility index (Phi) is 2.10. The molecule has 1 aromatic heterocycles. The molecule has 2 aromatic rings. The molecule has 0 unspecified atom stereocenters. The lowest BCUT2D eigenvalue weighted by Crippen LogP contribution is -1.75. The first-order valence-corrected chi connectivity index (χ1v) is 4.07. The molecule has 1 N–H and O–H groups in total. The second kappa shape index (κ2) is 3.41. The maximum absolute atomic E-state index is 12.9. The van der Waals surface area contributed by atoms with Crippen LogP contribution in [0.5, 0.6) is 0 Å². The molecular formula is C10H7FN2O. The Morgan fingerprint density at radius 3 is 3.07 bits per heavy atom. The Bertz CT molecular complexity index is 502. The molecule has 0 radical (unpaired) electrons. The summed E-state index contributed by atoms with van der Waals surface area (Å²) < 4.78 is 12.9. The molecule has 14 heavy (non-hydrogen) atoms. The van der Waals surface area contributed by atoms with Crippen LogP contribution in [0.4, 0.5) is 4.39 Å². The summed E-state index contributed by atoms with van der Waals surface area (Å²) >= 11 is 0. The van der Waals surface area contributed by atoms with E-state index in [1.807, 2.05) is 0 Å². The Morgan fingerprint density at radius 1 is 1.43 bits per heavy atom. The lowest BCUT2D eigenvalue weighted by molar-refractivity contribution is -0.104. The highest BCUT2D eigenvalue weighted by Gasteiger charge is 2.02. The van der Waals surface area contributed by atoms with Crippen LogP contribution in [0.1, 0.15) is 5.69 Å². The van der Waals surface area contributed by atoms with E-state index >= 15 is 0 Å². The average molecular weight is 190 g/mol. The largest absolute Gasteiger partial charge is 0.299 e. The van der Waals surface area contributed by atoms with Gasteiger partial charge in [0.1, 0.15) is 12.1 Å². The lowest BCUT2D eigenvalue weighted by atomic mass is 10.2. The molecule has 4 heteroatoms. The SMILES string of the molecule is O=C/C=C/c1[nH]nc2ccc(F)cc12. The van der Waals surface area contributed by atoms with Crippen LogP contribution in [-0.2, 0) is 4.79 Å². The first-order valence-electron chi connectivity index (χ1n) is 4.07. The monoisotopic (exact) mass is 190 g/mol. The van der Waals surface area contributed by atoms with Gasteiger partial charge in [0.05, 0.1) is 11.2 Å². The number of benzene rings is 1. The van der Waals surface area contributed by atoms with Gasteiger partial charge >= 0.3 is 0 Å². The molecule has 0 fully saturated rings. The summed E-state index contributed by atoms with van der Waals surface area (Å²) in [5.74, 6) is -0.320. The van der Waals surface area contributed by atoms with Crippen molar-refractivity contribution in [2.45, 2.75) is 0 Å². The Labute approximate surface area is 79.2 Å². The van der Waals surface area contributed by atoms with Gasteiger partial charge in [0.15, 0.2) is 0 Å². The molecule has 70 valence electrons. The summed E-state index contributed by atoms with van der Waals surface area (Å²) in [6, 6.07) is 4.30. The van der Waals surface area contributed by atoms with Crippen molar-refractivity contribution in [1.29, 1.82) is 0 Å². The van der Waals surface area contributed by atoms with Crippen molar-refractivity contribution in [3.8, 4) is 0 Å². The van der Waals surface area contributed by atoms with Gasteiger partial charge in [-0.15, -0.1) is 0 Å². The van der Waals surface area contributed by atoms with Gasteiger partial charge in [0, 0.05) is 5.39 Å². The number of nitrogens with one attached hydrogen (secondary N) is 1. The highest BCUT2D eigenvalue weighted by Crippen LogP contribution is 2.17. The quantitative estimate of drug-likeness (QED) is 0.580. The zero-order valence-electron chi connectivity index (χ0n) is 7.20. The van der Waals surface area contributed by atoms with Crippen LogP contribution in [-0.4, -0.2) is 16.5 Å². The molecule has 1 heterocycles. The average Bonchev–Trinajstić information content (AvgIpc) is 2.57. The number of carbonyl (C=O) groups is 1. The summed E-state index contributed by atoms with van der Waals surface area (Å²) in [5, 5.41) is 7.34. The van der Waals surface area contributed by atoms with Crippen LogP contribution in [0, 0.1) is 5.82 Å². The molecule has 0 aliphatic carbocycles. The van der Waals surface area contributed by atoms with Crippen molar-refractivity contribution in [3.63, 3.8) is 0 Å². The van der Waals surface area contributed by atoms with Crippen LogP contribution >= 0.6 is 0 Å². The van der Waals surface area contributed by atoms with E-state index in [-0.39, 0.29) is 5.82 Å². The maximum Gasteiger partial charge on any atom is 0.142 e. The summed E-state index contributed by atoms with van der Waals surface area (Å²) in [6.45, 7) is 0. The van der Waals surface area contributed by atoms with Crippen LogP contribution in [0.2, 0.25) is 0 Å². The van der Waals surface area contributed by atoms with Crippen molar-refractivity contribution in [1.82, 2.24) is 10.2 Å². The fourth-order valence-electron chi connectivity index (χ4n) is 1.26. The summed E-state index contributed by atoms with van der Waals surface area (Å²) in [6.07, 6.45) is 3.55. The zero-order valence-corrected chi connectivity index (χ0v) is 7.20. The fraction of sp³-hybridized carbons (Fsp3) is 0. The van der Waals surface area contributed by atoms with Crippen molar-refractivity contribution in [2.24, 2.45) is 0 Å². The van der Waals surface area contributed by atoms with E-state index in [9.17, 15) is 9.18 Å². The number of H-pyrrole nitrogens is 1. The molecule has 3 nitrogen and oxygen atoms in total. The zero-order chi connectivity index (χ0) is 9.97. The van der Waals surface area contributed by atoms with Gasteiger partial charge < -0.3 is 0 Å². The Morgan fingerprint density at radius 2 is 2.29 bits per heavy atom. The van der Waals surface area contributed by atoms with Gasteiger partial charge in [0.2, 0.25) is 0 Å². The topological polar surface area (TPSA) is 45.8 Å². The molecule has 2 rings (SSSR count). The van der Waals surface area contributed by atoms with Gasteiger partial charge in [-0.2, -0.15) is 5.10 Å². The molecule has 0 saturated carbocycles. The molecule has 0 spiro atoms. The van der Waals surface area contributed by atoms with Crippen molar-refractivity contribution >= 4 is 23.3 Å². The summed E-state index contributed by atoms with van der Waals surface area (Å²) in [5.41, 5.74) is 1.31. The number of nitrogens with zero attached hydrogens (tertiary/aromatic N) is 1. The smallest absolute Gasteiger partial charge is 0.142 e. The normalized spacial score (nSPS) is 11.2. The van der Waals surface area contributed by atoms with E-state index in [4.69, 9.17) is 0 Å². The summed E-state index contributed by atoms with van der Waals surface area (Å²) in [7, 11) is 0. The van der Waals surface area contributed by atoms with Crippen molar-refractivity contribution in [2.75, 3.05) is 0 Å². The third-order valence-corrected chi connectivity index (χ3v) is 1.89. The van der Waals surface area contributed by atoms with Gasteiger partial charge in [-0.25, -0.2) is 4.39 Å². The van der Waals surface area contributed by atoms with Gasteiger partial charge in [-0.05, 0) is 30.4 Å². The number of aldehydes is 1. The fourth-order valence-corrected chi connectivity index (χ4v) is 1.26. The molecule has 0 amide bonds. The molecule has 1 aromatic carbocycles. The first-order chi connectivity index (χ1) is 6.81. The lowest BCUT2D eigenvalue weighted by Gasteiger charge is -1.89. The minimum Gasteiger partial charge on any atom is -0.299 e. The highest BCUT2D eigenvalue weighted by atomic mass is 19.1. The minimum absolute atomic E-state index is 0.320. The number of rotatable bonds is 2. The molecule has 0 bridgehead atoms. The van der Waals surface area contributed by atoms with Gasteiger partial charge in [-0.1, -0.05) is 0 Å². The highest BCUT2D eigenvalue weighted by molar-refractivity contribution is 5.88. The number of fused-ring (bicyclic) bond motifs is 1. The van der Waals surface area contributed by atoms with E-state index in [1.165, 1.54) is 18.2 Å². The number of aromatic amines is 1. The number of allylic oxidation sites excluding steroid dienone is 1. The number of hydrogen-bond acceptors (Lipinski definition) is 2. The Hall–Kier alpha value is -1.97. The van der Waals surface area contributed by atoms with Crippen LogP contribution in [0.15, 0.2) is 24.3 Å². The predicted molar refractivity (Wildman–Crippen MR) is 51.1 cm³/mol. The number of hydrogen-bond donors (Lipinski definition) is 1. The van der Waals surface area contributed by atoms with E-state index in [1.54, 1.807) is 12.1 Å². The first kappa shape index (κ1) is 8.62. The number of carbonyl (C=O) groups excluding carboxylic acids is 1. The number of halogens is 1. The van der Waals surface area contributed by atoms with Crippen LogP contribution in [0.3, 0.4) is 0 Å². The number of aromatic nitrogens is 2. The third kappa shape index (κ3) is 1.42. The molecule has 0 saturated heterocycles. The minimum atomic E-state index is -0.320. The molecular weight excluding hydrogens is 183 g/mol. The van der Waals surface area contributed by atoms with Crippen molar-refractivity contribution < 1.29 is 9.18 Å². The predicted octanol–water partition coefficient (Wildman–Crippen LogP) is 1.91. The van der Waals surface area contributed by atoms with Gasteiger partial charge in [0.25, 0.3) is 0 Å².